The first kappa shape index (κ1) is 23.1. The molecule has 8 nitrogen and oxygen atoms in total. The summed E-state index contributed by atoms with van der Waals surface area (Å²) in [5, 5.41) is 13.0. The summed E-state index contributed by atoms with van der Waals surface area (Å²) in [7, 11) is 1.53. The van der Waals surface area contributed by atoms with Crippen molar-refractivity contribution in [2.45, 2.75) is 32.0 Å². The average molecular weight is 486 g/mol. The second-order valence-electron chi connectivity index (χ2n) is 7.96. The lowest BCUT2D eigenvalue weighted by molar-refractivity contribution is -0.113. The molecule has 0 aliphatic carbocycles. The molecule has 0 fully saturated rings. The fourth-order valence-electron chi connectivity index (χ4n) is 3.49. The van der Waals surface area contributed by atoms with Gasteiger partial charge in [0.1, 0.15) is 5.75 Å². The van der Waals surface area contributed by atoms with E-state index in [4.69, 9.17) is 16.3 Å². The fourth-order valence-corrected chi connectivity index (χ4v) is 4.48. The van der Waals surface area contributed by atoms with E-state index in [9.17, 15) is 9.59 Å². The van der Waals surface area contributed by atoms with Crippen LogP contribution in [0.3, 0.4) is 0 Å². The number of aryl methyl sites for hydroxylation is 1. The number of rotatable bonds is 8. The number of hydrogen-bond acceptors (Lipinski definition) is 6. The summed E-state index contributed by atoms with van der Waals surface area (Å²) in [6.07, 6.45) is 0.843. The third kappa shape index (κ3) is 4.84. The lowest BCUT2D eigenvalue weighted by atomic mass is 10.1. The van der Waals surface area contributed by atoms with Crippen LogP contribution in [0.5, 0.6) is 5.75 Å². The summed E-state index contributed by atoms with van der Waals surface area (Å²) in [5.74, 6) is 1.36. The minimum Gasteiger partial charge on any atom is -0.495 e. The molecule has 0 saturated heterocycles. The zero-order valence-corrected chi connectivity index (χ0v) is 20.1. The lowest BCUT2D eigenvalue weighted by Crippen LogP contribution is -2.24. The molecule has 172 valence electrons. The molecule has 2 aromatic carbocycles. The Kier molecular flexibility index (Phi) is 6.90. The Morgan fingerprint density at radius 2 is 2.00 bits per heavy atom. The van der Waals surface area contributed by atoms with Gasteiger partial charge in [0.15, 0.2) is 5.16 Å². The molecule has 1 N–H and O–H groups in total. The summed E-state index contributed by atoms with van der Waals surface area (Å²) in [6.45, 7) is 4.78. The highest BCUT2D eigenvalue weighted by Gasteiger charge is 2.18. The molecule has 1 amide bonds. The van der Waals surface area contributed by atoms with Gasteiger partial charge in [-0.25, -0.2) is 0 Å². The number of halogens is 1. The highest BCUT2D eigenvalue weighted by Crippen LogP contribution is 2.27. The molecule has 0 spiro atoms. The summed E-state index contributed by atoms with van der Waals surface area (Å²) in [4.78, 5) is 25.7. The Hall–Kier alpha value is -3.04. The van der Waals surface area contributed by atoms with Gasteiger partial charge >= 0.3 is 0 Å². The number of carbonyl (C=O) groups is 1. The summed E-state index contributed by atoms with van der Waals surface area (Å²) in [6, 6.07) is 12.4. The number of carbonyl (C=O) groups excluding carboxylic acids is 1. The van der Waals surface area contributed by atoms with Crippen LogP contribution >= 0.6 is 23.4 Å². The third-order valence-electron chi connectivity index (χ3n) is 5.18. The summed E-state index contributed by atoms with van der Waals surface area (Å²) < 4.78 is 8.65. The van der Waals surface area contributed by atoms with Crippen molar-refractivity contribution in [2.24, 2.45) is 5.92 Å². The number of fused-ring (bicyclic) bond motifs is 3. The van der Waals surface area contributed by atoms with Crippen molar-refractivity contribution in [3.63, 3.8) is 0 Å². The fraction of sp³-hybridized carbons (Fsp3) is 0.304. The average Bonchev–Trinajstić information content (AvgIpc) is 3.21. The number of ether oxygens (including phenoxy) is 1. The molecular formula is C23H24ClN5O3S. The Balaban J connectivity index is 1.61. The van der Waals surface area contributed by atoms with Crippen LogP contribution in [0.25, 0.3) is 16.7 Å². The van der Waals surface area contributed by atoms with Crippen molar-refractivity contribution < 1.29 is 9.53 Å². The van der Waals surface area contributed by atoms with Gasteiger partial charge < -0.3 is 10.1 Å². The van der Waals surface area contributed by atoms with E-state index in [0.717, 1.165) is 6.42 Å². The molecule has 0 aliphatic rings. The van der Waals surface area contributed by atoms with Crippen LogP contribution in [0.1, 0.15) is 20.3 Å². The molecule has 4 aromatic rings. The summed E-state index contributed by atoms with van der Waals surface area (Å²) in [5.41, 5.74) is 1.20. The van der Waals surface area contributed by atoms with E-state index >= 15 is 0 Å². The van der Waals surface area contributed by atoms with Crippen LogP contribution in [-0.4, -0.2) is 37.9 Å². The van der Waals surface area contributed by atoms with Crippen molar-refractivity contribution >= 4 is 51.6 Å². The van der Waals surface area contributed by atoms with Gasteiger partial charge in [-0.1, -0.05) is 49.3 Å². The number of benzene rings is 2. The van der Waals surface area contributed by atoms with Crippen LogP contribution < -0.4 is 15.6 Å². The number of anilines is 1. The van der Waals surface area contributed by atoms with E-state index in [1.807, 2.05) is 22.6 Å². The molecule has 10 heteroatoms. The standard InChI is InChI=1S/C23H24ClN5O3S/c1-14(2)10-11-28-21(31)16-6-4-5-7-18(16)29-22(28)26-27-23(29)33-13-20(30)25-15-8-9-19(32-3)17(24)12-15/h4-9,12,14H,10-11,13H2,1-3H3,(H,25,30). The van der Waals surface area contributed by atoms with Crippen molar-refractivity contribution in [1.82, 2.24) is 19.2 Å². The van der Waals surface area contributed by atoms with Crippen LogP contribution in [0.15, 0.2) is 52.4 Å². The maximum absolute atomic E-state index is 13.1. The first-order valence-corrected chi connectivity index (χ1v) is 11.9. The quantitative estimate of drug-likeness (QED) is 0.370. The predicted molar refractivity (Wildman–Crippen MR) is 132 cm³/mol. The highest BCUT2D eigenvalue weighted by atomic mass is 35.5. The zero-order valence-electron chi connectivity index (χ0n) is 18.5. The van der Waals surface area contributed by atoms with Crippen LogP contribution in [0.2, 0.25) is 5.02 Å². The van der Waals surface area contributed by atoms with Crippen LogP contribution in [0.4, 0.5) is 5.69 Å². The smallest absolute Gasteiger partial charge is 0.262 e. The summed E-state index contributed by atoms with van der Waals surface area (Å²) >= 11 is 7.39. The topological polar surface area (TPSA) is 90.5 Å². The minimum absolute atomic E-state index is 0.0863. The number of methoxy groups -OCH3 is 1. The largest absolute Gasteiger partial charge is 0.495 e. The molecule has 0 unspecified atom stereocenters. The van der Waals surface area contributed by atoms with Gasteiger partial charge in [-0.3, -0.25) is 18.6 Å². The monoisotopic (exact) mass is 485 g/mol. The zero-order chi connectivity index (χ0) is 23.5. The maximum atomic E-state index is 13.1. The number of aromatic nitrogens is 4. The minimum atomic E-state index is -0.213. The molecule has 0 aliphatic heterocycles. The number of para-hydroxylation sites is 1. The SMILES string of the molecule is COc1ccc(NC(=O)CSc2nnc3n(CCC(C)C)c(=O)c4ccccc4n23)cc1Cl. The van der Waals surface area contributed by atoms with Crippen molar-refractivity contribution in [3.8, 4) is 5.75 Å². The van der Waals surface area contributed by atoms with E-state index in [1.54, 1.807) is 28.8 Å². The van der Waals surface area contributed by atoms with Gasteiger partial charge in [-0.05, 0) is 42.7 Å². The normalized spacial score (nSPS) is 11.4. The Morgan fingerprint density at radius 3 is 2.73 bits per heavy atom. The number of hydrogen-bond donors (Lipinski definition) is 1. The van der Waals surface area contributed by atoms with Gasteiger partial charge in [0.25, 0.3) is 5.56 Å². The van der Waals surface area contributed by atoms with Gasteiger partial charge in [0.05, 0.1) is 28.8 Å². The first-order chi connectivity index (χ1) is 15.9. The molecule has 0 bridgehead atoms. The second kappa shape index (κ2) is 9.84. The van der Waals surface area contributed by atoms with Crippen LogP contribution in [0, 0.1) is 5.92 Å². The van der Waals surface area contributed by atoms with Crippen LogP contribution in [-0.2, 0) is 11.3 Å². The molecular weight excluding hydrogens is 462 g/mol. The lowest BCUT2D eigenvalue weighted by Gasteiger charge is -2.12. The van der Waals surface area contributed by atoms with Gasteiger partial charge in [0, 0.05) is 12.2 Å². The van der Waals surface area contributed by atoms with Gasteiger partial charge in [0.2, 0.25) is 11.7 Å². The number of nitrogens with one attached hydrogen (secondary N) is 1. The molecule has 0 radical (unpaired) electrons. The van der Waals surface area contributed by atoms with Crippen molar-refractivity contribution in [1.29, 1.82) is 0 Å². The molecule has 33 heavy (non-hydrogen) atoms. The molecule has 0 saturated carbocycles. The van der Waals surface area contributed by atoms with E-state index in [2.05, 4.69) is 29.4 Å². The van der Waals surface area contributed by atoms with E-state index in [0.29, 0.717) is 50.8 Å². The van der Waals surface area contributed by atoms with E-state index < -0.39 is 0 Å². The first-order valence-electron chi connectivity index (χ1n) is 10.5. The predicted octanol–water partition coefficient (Wildman–Crippen LogP) is 4.48. The van der Waals surface area contributed by atoms with Gasteiger partial charge in [-0.2, -0.15) is 0 Å². The number of amides is 1. The van der Waals surface area contributed by atoms with Gasteiger partial charge in [-0.15, -0.1) is 10.2 Å². The van der Waals surface area contributed by atoms with E-state index in [-0.39, 0.29) is 17.2 Å². The Labute approximate surface area is 199 Å². The second-order valence-corrected chi connectivity index (χ2v) is 9.31. The number of nitrogens with zero attached hydrogens (tertiary/aromatic N) is 4. The Morgan fingerprint density at radius 1 is 1.21 bits per heavy atom. The maximum Gasteiger partial charge on any atom is 0.262 e. The molecule has 2 aromatic heterocycles. The van der Waals surface area contributed by atoms with Crippen molar-refractivity contribution in [2.75, 3.05) is 18.2 Å². The highest BCUT2D eigenvalue weighted by molar-refractivity contribution is 7.99. The molecule has 2 heterocycles. The van der Waals surface area contributed by atoms with E-state index in [1.165, 1.54) is 18.9 Å². The molecule has 0 atom stereocenters. The molecule has 4 rings (SSSR count). The third-order valence-corrected chi connectivity index (χ3v) is 6.40. The van der Waals surface area contributed by atoms with Crippen molar-refractivity contribution in [3.05, 3.63) is 57.8 Å². The Bertz CT molecular complexity index is 1380. The number of thioether (sulfide) groups is 1.